The van der Waals surface area contributed by atoms with Crippen LogP contribution in [0.3, 0.4) is 0 Å². The summed E-state index contributed by atoms with van der Waals surface area (Å²) in [6, 6.07) is 0. The maximum absolute atomic E-state index is 5.92. The second kappa shape index (κ2) is 5.28. The second-order valence-corrected chi connectivity index (χ2v) is 7.97. The Morgan fingerprint density at radius 3 is 2.50 bits per heavy atom. The number of thiazole rings is 1. The summed E-state index contributed by atoms with van der Waals surface area (Å²) in [6.45, 7) is 9.65. The van der Waals surface area contributed by atoms with Crippen LogP contribution in [-0.4, -0.2) is 37.3 Å². The van der Waals surface area contributed by atoms with Gasteiger partial charge in [-0.15, -0.1) is 11.3 Å². The van der Waals surface area contributed by atoms with E-state index in [-0.39, 0.29) is 5.41 Å². The number of aromatic nitrogens is 1. The van der Waals surface area contributed by atoms with Crippen molar-refractivity contribution in [3.8, 4) is 0 Å². The normalized spacial score (nSPS) is 26.3. The monoisotopic (exact) mass is 295 g/mol. The predicted molar refractivity (Wildman–Crippen MR) is 83.7 cm³/mol. The van der Waals surface area contributed by atoms with Gasteiger partial charge in [0.2, 0.25) is 0 Å². The molecule has 4 nitrogen and oxygen atoms in total. The van der Waals surface area contributed by atoms with Gasteiger partial charge < -0.3 is 15.0 Å². The van der Waals surface area contributed by atoms with Crippen LogP contribution < -0.4 is 10.2 Å². The summed E-state index contributed by atoms with van der Waals surface area (Å²) in [4.78, 5) is 8.77. The van der Waals surface area contributed by atoms with E-state index in [0.29, 0.717) is 12.2 Å². The van der Waals surface area contributed by atoms with Crippen LogP contribution in [0.5, 0.6) is 0 Å². The Morgan fingerprint density at radius 2 is 1.95 bits per heavy atom. The molecule has 2 aliphatic rings. The molecule has 2 unspecified atom stereocenters. The zero-order chi connectivity index (χ0) is 14.3. The maximum atomic E-state index is 5.92. The van der Waals surface area contributed by atoms with Gasteiger partial charge in [0, 0.05) is 29.9 Å². The van der Waals surface area contributed by atoms with E-state index in [1.807, 2.05) is 18.4 Å². The summed E-state index contributed by atoms with van der Waals surface area (Å²) in [5, 5.41) is 4.45. The van der Waals surface area contributed by atoms with Gasteiger partial charge in [-0.3, -0.25) is 0 Å². The van der Waals surface area contributed by atoms with Crippen molar-refractivity contribution in [3.05, 3.63) is 10.6 Å². The molecule has 1 N–H and O–H groups in total. The first kappa shape index (κ1) is 14.3. The molecule has 0 aliphatic carbocycles. The minimum absolute atomic E-state index is 0.103. The molecular formula is C15H25N3OS. The Labute approximate surface area is 125 Å². The molecule has 2 fully saturated rings. The van der Waals surface area contributed by atoms with E-state index in [1.54, 1.807) is 0 Å². The lowest BCUT2D eigenvalue weighted by atomic mass is 9.91. The summed E-state index contributed by atoms with van der Waals surface area (Å²) in [5.41, 5.74) is 1.34. The highest BCUT2D eigenvalue weighted by atomic mass is 32.1. The second-order valence-electron chi connectivity index (χ2n) is 6.91. The van der Waals surface area contributed by atoms with E-state index >= 15 is 0 Å². The molecule has 2 atom stereocenters. The van der Waals surface area contributed by atoms with E-state index in [2.05, 4.69) is 31.0 Å². The summed E-state index contributed by atoms with van der Waals surface area (Å²) >= 11 is 1.85. The van der Waals surface area contributed by atoms with E-state index in [9.17, 15) is 0 Å². The van der Waals surface area contributed by atoms with Crippen LogP contribution in [0.4, 0.5) is 5.13 Å². The molecule has 0 amide bonds. The molecule has 2 bridgehead atoms. The van der Waals surface area contributed by atoms with Gasteiger partial charge in [0.25, 0.3) is 0 Å². The Kier molecular flexibility index (Phi) is 3.77. The number of hydrogen-bond donors (Lipinski definition) is 1. The van der Waals surface area contributed by atoms with Crippen molar-refractivity contribution >= 4 is 16.5 Å². The fourth-order valence-electron chi connectivity index (χ4n) is 3.11. The Morgan fingerprint density at radius 1 is 1.30 bits per heavy atom. The zero-order valence-electron chi connectivity index (χ0n) is 12.9. The number of morpholine rings is 1. The summed E-state index contributed by atoms with van der Waals surface area (Å²) in [6.07, 6.45) is 3.26. The van der Waals surface area contributed by atoms with Gasteiger partial charge in [-0.1, -0.05) is 20.8 Å². The van der Waals surface area contributed by atoms with Crippen molar-refractivity contribution in [1.29, 1.82) is 0 Å². The van der Waals surface area contributed by atoms with Crippen LogP contribution in [0.1, 0.15) is 44.2 Å². The average molecular weight is 295 g/mol. The third-order valence-electron chi connectivity index (χ3n) is 4.05. The maximum Gasteiger partial charge on any atom is 0.186 e. The first-order chi connectivity index (χ1) is 9.47. The molecule has 1 aromatic heterocycles. The van der Waals surface area contributed by atoms with Crippen molar-refractivity contribution < 1.29 is 4.74 Å². The lowest BCUT2D eigenvalue weighted by molar-refractivity contribution is 0.0304. The number of nitrogens with zero attached hydrogens (tertiary/aromatic N) is 2. The standard InChI is InChI=1S/C15H25N3OS/c1-15(2,3)13-12(7-16-4)20-14(17-13)18-8-10-5-6-11(9-18)19-10/h10-11,16H,5-9H2,1-4H3. The van der Waals surface area contributed by atoms with Crippen LogP contribution in [0, 0.1) is 0 Å². The van der Waals surface area contributed by atoms with Gasteiger partial charge in [0.1, 0.15) is 0 Å². The number of nitrogens with one attached hydrogen (secondary N) is 1. The third kappa shape index (κ3) is 2.71. The van der Waals surface area contributed by atoms with Crippen LogP contribution in [0.15, 0.2) is 0 Å². The van der Waals surface area contributed by atoms with Gasteiger partial charge in [0.15, 0.2) is 5.13 Å². The highest BCUT2D eigenvalue weighted by molar-refractivity contribution is 7.15. The van der Waals surface area contributed by atoms with Crippen LogP contribution in [0.2, 0.25) is 0 Å². The largest absolute Gasteiger partial charge is 0.371 e. The molecule has 2 aliphatic heterocycles. The molecule has 20 heavy (non-hydrogen) atoms. The van der Waals surface area contributed by atoms with Crippen molar-refractivity contribution in [2.45, 2.75) is 57.8 Å². The van der Waals surface area contributed by atoms with Gasteiger partial charge in [0.05, 0.1) is 17.9 Å². The summed E-state index contributed by atoms with van der Waals surface area (Å²) in [5.74, 6) is 0. The number of anilines is 1. The van der Waals surface area contributed by atoms with Gasteiger partial charge >= 0.3 is 0 Å². The van der Waals surface area contributed by atoms with Gasteiger partial charge in [-0.05, 0) is 19.9 Å². The van der Waals surface area contributed by atoms with Gasteiger partial charge in [-0.25, -0.2) is 4.98 Å². The van der Waals surface area contributed by atoms with E-state index in [4.69, 9.17) is 9.72 Å². The molecule has 3 heterocycles. The zero-order valence-corrected chi connectivity index (χ0v) is 13.7. The van der Waals surface area contributed by atoms with E-state index < -0.39 is 0 Å². The van der Waals surface area contributed by atoms with Crippen LogP contribution in [0.25, 0.3) is 0 Å². The minimum Gasteiger partial charge on any atom is -0.371 e. The molecule has 112 valence electrons. The topological polar surface area (TPSA) is 37.4 Å². The van der Waals surface area contributed by atoms with Crippen LogP contribution >= 0.6 is 11.3 Å². The molecule has 5 heteroatoms. The molecule has 0 aromatic carbocycles. The molecule has 0 spiro atoms. The average Bonchev–Trinajstić information content (AvgIpc) is 2.93. The highest BCUT2D eigenvalue weighted by Crippen LogP contribution is 2.36. The summed E-state index contributed by atoms with van der Waals surface area (Å²) in [7, 11) is 2.00. The highest BCUT2D eigenvalue weighted by Gasteiger charge is 2.35. The number of rotatable bonds is 3. The third-order valence-corrected chi connectivity index (χ3v) is 5.16. The fourth-order valence-corrected chi connectivity index (χ4v) is 4.41. The lowest BCUT2D eigenvalue weighted by Gasteiger charge is -2.31. The molecular weight excluding hydrogens is 270 g/mol. The Balaban J connectivity index is 1.86. The molecule has 2 saturated heterocycles. The Bertz CT molecular complexity index is 468. The van der Waals surface area contributed by atoms with Crippen molar-refractivity contribution in [2.24, 2.45) is 0 Å². The van der Waals surface area contributed by atoms with Crippen molar-refractivity contribution in [2.75, 3.05) is 25.0 Å². The first-order valence-electron chi connectivity index (χ1n) is 7.52. The number of fused-ring (bicyclic) bond motifs is 2. The quantitative estimate of drug-likeness (QED) is 0.930. The molecule has 3 rings (SSSR count). The van der Waals surface area contributed by atoms with Crippen molar-refractivity contribution in [3.63, 3.8) is 0 Å². The molecule has 0 saturated carbocycles. The minimum atomic E-state index is 0.103. The first-order valence-corrected chi connectivity index (χ1v) is 8.34. The predicted octanol–water partition coefficient (Wildman–Crippen LogP) is 2.53. The molecule has 0 radical (unpaired) electrons. The van der Waals surface area contributed by atoms with Gasteiger partial charge in [-0.2, -0.15) is 0 Å². The fraction of sp³-hybridized carbons (Fsp3) is 0.800. The van der Waals surface area contributed by atoms with Crippen molar-refractivity contribution in [1.82, 2.24) is 10.3 Å². The number of ether oxygens (including phenoxy) is 1. The smallest absolute Gasteiger partial charge is 0.186 e. The summed E-state index contributed by atoms with van der Waals surface area (Å²) < 4.78 is 5.92. The number of hydrogen-bond acceptors (Lipinski definition) is 5. The molecule has 1 aromatic rings. The van der Waals surface area contributed by atoms with E-state index in [1.165, 1.54) is 28.5 Å². The SMILES string of the molecule is CNCc1sc(N2CC3CCC(C2)O3)nc1C(C)(C)C. The van der Waals surface area contributed by atoms with E-state index in [0.717, 1.165) is 19.6 Å². The Hall–Kier alpha value is -0.650. The van der Waals surface area contributed by atoms with Crippen LogP contribution in [-0.2, 0) is 16.7 Å². The lowest BCUT2D eigenvalue weighted by Crippen LogP contribution is -2.42.